The number of likely N-dealkylation sites (tertiary alicyclic amines) is 1. The standard InChI is InChI=1S/C17H25N3O/c1-2-14-10-13(11-16(18)19-14)17(21)20-9-5-7-12-6-3-4-8-15(12)20/h10-12,15H,2-9H2,1H3,(H2,18,19). The molecule has 2 atom stereocenters. The maximum absolute atomic E-state index is 12.9. The largest absolute Gasteiger partial charge is 0.384 e. The Labute approximate surface area is 126 Å². The molecule has 4 nitrogen and oxygen atoms in total. The van der Waals surface area contributed by atoms with Crippen LogP contribution in [0.15, 0.2) is 12.1 Å². The van der Waals surface area contributed by atoms with Crippen molar-refractivity contribution in [1.82, 2.24) is 9.88 Å². The number of rotatable bonds is 2. The van der Waals surface area contributed by atoms with Crippen LogP contribution in [0.1, 0.15) is 61.5 Å². The first-order chi connectivity index (χ1) is 10.2. The zero-order chi connectivity index (χ0) is 14.8. The van der Waals surface area contributed by atoms with Gasteiger partial charge in [0.05, 0.1) is 0 Å². The molecule has 0 spiro atoms. The first-order valence-corrected chi connectivity index (χ1v) is 8.26. The fourth-order valence-corrected chi connectivity index (χ4v) is 3.96. The molecule has 1 saturated heterocycles. The lowest BCUT2D eigenvalue weighted by Gasteiger charge is -2.44. The molecular formula is C17H25N3O. The number of carbonyl (C=O) groups excluding carboxylic acids is 1. The quantitative estimate of drug-likeness (QED) is 0.909. The number of nitrogens with zero attached hydrogens (tertiary/aromatic N) is 2. The lowest BCUT2D eigenvalue weighted by Crippen LogP contribution is -2.49. The Kier molecular flexibility index (Phi) is 4.13. The molecule has 2 fully saturated rings. The van der Waals surface area contributed by atoms with Crippen molar-refractivity contribution in [3.05, 3.63) is 23.4 Å². The van der Waals surface area contributed by atoms with Crippen LogP contribution in [0.5, 0.6) is 0 Å². The lowest BCUT2D eigenvalue weighted by atomic mass is 9.78. The van der Waals surface area contributed by atoms with Gasteiger partial charge >= 0.3 is 0 Å². The van der Waals surface area contributed by atoms with Crippen LogP contribution < -0.4 is 5.73 Å². The number of pyridine rings is 1. The van der Waals surface area contributed by atoms with E-state index in [9.17, 15) is 4.79 Å². The van der Waals surface area contributed by atoms with Gasteiger partial charge < -0.3 is 10.6 Å². The molecule has 4 heteroatoms. The van der Waals surface area contributed by atoms with Crippen molar-refractivity contribution in [1.29, 1.82) is 0 Å². The van der Waals surface area contributed by atoms with Gasteiger partial charge in [0.1, 0.15) is 5.82 Å². The van der Waals surface area contributed by atoms with Crippen molar-refractivity contribution < 1.29 is 4.79 Å². The number of piperidine rings is 1. The fraction of sp³-hybridized carbons (Fsp3) is 0.647. The molecule has 1 amide bonds. The molecule has 0 bridgehead atoms. The number of amides is 1. The molecule has 2 aliphatic rings. The van der Waals surface area contributed by atoms with E-state index >= 15 is 0 Å². The minimum absolute atomic E-state index is 0.149. The zero-order valence-corrected chi connectivity index (χ0v) is 12.8. The van der Waals surface area contributed by atoms with Gasteiger partial charge in [-0.3, -0.25) is 4.79 Å². The van der Waals surface area contributed by atoms with Crippen molar-refractivity contribution in [3.63, 3.8) is 0 Å². The normalized spacial score (nSPS) is 25.5. The molecule has 1 aromatic rings. The van der Waals surface area contributed by atoms with Gasteiger partial charge in [-0.1, -0.05) is 19.8 Å². The number of aryl methyl sites for hydroxylation is 1. The van der Waals surface area contributed by atoms with Crippen molar-refractivity contribution in [2.24, 2.45) is 5.92 Å². The molecule has 1 aliphatic carbocycles. The highest BCUT2D eigenvalue weighted by Crippen LogP contribution is 2.36. The predicted octanol–water partition coefficient (Wildman–Crippen LogP) is 3.02. The Hall–Kier alpha value is -1.58. The molecule has 3 rings (SSSR count). The maximum Gasteiger partial charge on any atom is 0.254 e. The maximum atomic E-state index is 12.9. The fourth-order valence-electron chi connectivity index (χ4n) is 3.96. The van der Waals surface area contributed by atoms with E-state index in [1.54, 1.807) is 6.07 Å². The van der Waals surface area contributed by atoms with Crippen molar-refractivity contribution in [2.45, 2.75) is 57.9 Å². The summed E-state index contributed by atoms with van der Waals surface area (Å²) in [5.74, 6) is 1.31. The Morgan fingerprint density at radius 2 is 2.05 bits per heavy atom. The smallest absolute Gasteiger partial charge is 0.254 e. The van der Waals surface area contributed by atoms with Gasteiger partial charge in [-0.05, 0) is 50.2 Å². The van der Waals surface area contributed by atoms with Crippen LogP contribution in [0.25, 0.3) is 0 Å². The molecular weight excluding hydrogens is 262 g/mol. The van der Waals surface area contributed by atoms with Crippen LogP contribution in [0.4, 0.5) is 5.82 Å². The van der Waals surface area contributed by atoms with Crippen molar-refractivity contribution >= 4 is 11.7 Å². The number of fused-ring (bicyclic) bond motifs is 1. The summed E-state index contributed by atoms with van der Waals surface area (Å²) in [5.41, 5.74) is 7.46. The molecule has 1 aliphatic heterocycles. The molecule has 21 heavy (non-hydrogen) atoms. The van der Waals surface area contributed by atoms with E-state index in [0.717, 1.165) is 31.5 Å². The molecule has 0 radical (unpaired) electrons. The summed E-state index contributed by atoms with van der Waals surface area (Å²) in [6.07, 6.45) is 8.25. The first kappa shape index (κ1) is 14.4. The van der Waals surface area contributed by atoms with Gasteiger partial charge in [0.25, 0.3) is 5.91 Å². The van der Waals surface area contributed by atoms with Gasteiger partial charge in [0.15, 0.2) is 0 Å². The van der Waals surface area contributed by atoms with E-state index in [1.807, 2.05) is 13.0 Å². The molecule has 2 heterocycles. The second kappa shape index (κ2) is 6.04. The highest BCUT2D eigenvalue weighted by atomic mass is 16.2. The number of aromatic nitrogens is 1. The molecule has 2 unspecified atom stereocenters. The number of nitrogen functional groups attached to an aromatic ring is 1. The summed E-state index contributed by atoms with van der Waals surface area (Å²) >= 11 is 0. The number of nitrogens with two attached hydrogens (primary N) is 1. The van der Waals surface area contributed by atoms with Crippen LogP contribution >= 0.6 is 0 Å². The summed E-state index contributed by atoms with van der Waals surface area (Å²) in [7, 11) is 0. The molecule has 2 N–H and O–H groups in total. The van der Waals surface area contributed by atoms with Gasteiger partial charge in [-0.15, -0.1) is 0 Å². The Bertz CT molecular complexity index is 527. The zero-order valence-electron chi connectivity index (χ0n) is 12.8. The van der Waals surface area contributed by atoms with E-state index in [-0.39, 0.29) is 5.91 Å². The second-order valence-corrected chi connectivity index (χ2v) is 6.38. The monoisotopic (exact) mass is 287 g/mol. The number of hydrogen-bond acceptors (Lipinski definition) is 3. The topological polar surface area (TPSA) is 59.2 Å². The SMILES string of the molecule is CCc1cc(C(=O)N2CCCC3CCCCC32)cc(N)n1. The predicted molar refractivity (Wildman–Crippen MR) is 84.0 cm³/mol. The lowest BCUT2D eigenvalue weighted by molar-refractivity contribution is 0.0390. The van der Waals surface area contributed by atoms with Gasteiger partial charge in [-0.2, -0.15) is 0 Å². The number of hydrogen-bond donors (Lipinski definition) is 1. The summed E-state index contributed by atoms with van der Waals surface area (Å²) < 4.78 is 0. The molecule has 0 aromatic carbocycles. The highest BCUT2D eigenvalue weighted by Gasteiger charge is 2.36. The van der Waals surface area contributed by atoms with E-state index in [1.165, 1.54) is 25.7 Å². The Morgan fingerprint density at radius 1 is 1.29 bits per heavy atom. The minimum Gasteiger partial charge on any atom is -0.384 e. The van der Waals surface area contributed by atoms with Crippen LogP contribution in [-0.4, -0.2) is 28.4 Å². The van der Waals surface area contributed by atoms with Gasteiger partial charge in [0.2, 0.25) is 0 Å². The third-order valence-electron chi connectivity index (χ3n) is 5.01. The third kappa shape index (κ3) is 2.89. The minimum atomic E-state index is 0.149. The summed E-state index contributed by atoms with van der Waals surface area (Å²) in [6.45, 7) is 2.93. The van der Waals surface area contributed by atoms with Crippen molar-refractivity contribution in [2.75, 3.05) is 12.3 Å². The molecule has 1 saturated carbocycles. The summed E-state index contributed by atoms with van der Waals surface area (Å²) in [5, 5.41) is 0. The van der Waals surface area contributed by atoms with Crippen LogP contribution in [0, 0.1) is 5.92 Å². The highest BCUT2D eigenvalue weighted by molar-refractivity contribution is 5.95. The van der Waals surface area contributed by atoms with E-state index in [4.69, 9.17) is 5.73 Å². The van der Waals surface area contributed by atoms with E-state index in [2.05, 4.69) is 9.88 Å². The van der Waals surface area contributed by atoms with Crippen molar-refractivity contribution in [3.8, 4) is 0 Å². The summed E-state index contributed by atoms with van der Waals surface area (Å²) in [4.78, 5) is 19.3. The van der Waals surface area contributed by atoms with Gasteiger partial charge in [-0.25, -0.2) is 4.98 Å². The van der Waals surface area contributed by atoms with Gasteiger partial charge in [0, 0.05) is 23.8 Å². The molecule has 114 valence electrons. The van der Waals surface area contributed by atoms with Crippen LogP contribution in [-0.2, 0) is 6.42 Å². The third-order valence-corrected chi connectivity index (χ3v) is 5.01. The van der Waals surface area contributed by atoms with E-state index < -0.39 is 0 Å². The number of carbonyl (C=O) groups is 1. The van der Waals surface area contributed by atoms with E-state index in [0.29, 0.717) is 23.3 Å². The average Bonchev–Trinajstić information content (AvgIpc) is 2.53. The Balaban J connectivity index is 1.85. The van der Waals surface area contributed by atoms with Crippen LogP contribution in [0.3, 0.4) is 0 Å². The second-order valence-electron chi connectivity index (χ2n) is 6.38. The Morgan fingerprint density at radius 3 is 2.86 bits per heavy atom. The average molecular weight is 287 g/mol. The van der Waals surface area contributed by atoms with Crippen LogP contribution in [0.2, 0.25) is 0 Å². The number of anilines is 1. The summed E-state index contributed by atoms with van der Waals surface area (Å²) in [6, 6.07) is 4.08. The molecule has 1 aromatic heterocycles. The first-order valence-electron chi connectivity index (χ1n) is 8.26.